The number of hydrogen-bond acceptors (Lipinski definition) is 7. The summed E-state index contributed by atoms with van der Waals surface area (Å²) in [5, 5.41) is 4.08. The van der Waals surface area contributed by atoms with E-state index in [0.717, 1.165) is 35.8 Å². The van der Waals surface area contributed by atoms with Crippen molar-refractivity contribution in [2.75, 3.05) is 51.6 Å². The molecule has 30 heavy (non-hydrogen) atoms. The molecule has 158 valence electrons. The number of carbonyl (C=O) groups is 1. The Morgan fingerprint density at radius 3 is 2.50 bits per heavy atom. The van der Waals surface area contributed by atoms with Crippen LogP contribution in [-0.4, -0.2) is 63.2 Å². The van der Waals surface area contributed by atoms with Gasteiger partial charge >= 0.3 is 0 Å². The van der Waals surface area contributed by atoms with Crippen LogP contribution in [-0.2, 0) is 9.63 Å². The highest BCUT2D eigenvalue weighted by atomic mass is 16.7. The maximum atomic E-state index is 12.5. The van der Waals surface area contributed by atoms with Gasteiger partial charge in [0.1, 0.15) is 5.75 Å². The number of piperazine rings is 1. The Morgan fingerprint density at radius 1 is 1.03 bits per heavy atom. The molecule has 1 amide bonds. The number of hydrogen-bond donors (Lipinski definition) is 0. The highest BCUT2D eigenvalue weighted by molar-refractivity contribution is 5.99. The first-order valence-electron chi connectivity index (χ1n) is 9.87. The summed E-state index contributed by atoms with van der Waals surface area (Å²) >= 11 is 0. The third-order valence-electron chi connectivity index (χ3n) is 5.25. The number of nitrogens with zero attached hydrogens (tertiary/aromatic N) is 3. The van der Waals surface area contributed by atoms with Gasteiger partial charge in [0.15, 0.2) is 18.1 Å². The van der Waals surface area contributed by atoms with Crippen molar-refractivity contribution in [2.45, 2.75) is 6.92 Å². The van der Waals surface area contributed by atoms with Crippen molar-refractivity contribution in [1.82, 2.24) is 4.90 Å². The lowest BCUT2D eigenvalue weighted by atomic mass is 10.1. The Labute approximate surface area is 175 Å². The van der Waals surface area contributed by atoms with Crippen LogP contribution in [0.15, 0.2) is 47.6 Å². The molecule has 0 saturated carbocycles. The van der Waals surface area contributed by atoms with E-state index in [0.29, 0.717) is 24.6 Å². The number of fused-ring (bicyclic) bond motifs is 1. The van der Waals surface area contributed by atoms with Crippen LogP contribution in [0.25, 0.3) is 0 Å². The molecule has 0 aliphatic carbocycles. The van der Waals surface area contributed by atoms with Gasteiger partial charge in [0, 0.05) is 37.4 Å². The molecule has 0 radical (unpaired) electrons. The molecule has 1 saturated heterocycles. The third kappa shape index (κ3) is 4.42. The first-order valence-corrected chi connectivity index (χ1v) is 9.87. The predicted octanol–water partition coefficient (Wildman–Crippen LogP) is 2.51. The second-order valence-electron chi connectivity index (χ2n) is 7.08. The normalized spacial score (nSPS) is 15.9. The van der Waals surface area contributed by atoms with Crippen molar-refractivity contribution in [1.29, 1.82) is 0 Å². The Morgan fingerprint density at radius 2 is 1.77 bits per heavy atom. The fourth-order valence-electron chi connectivity index (χ4n) is 3.46. The molecule has 0 aromatic heterocycles. The Bertz CT molecular complexity index is 921. The summed E-state index contributed by atoms with van der Waals surface area (Å²) in [5.41, 5.74) is 2.66. The van der Waals surface area contributed by atoms with Crippen molar-refractivity contribution in [3.63, 3.8) is 0 Å². The Hall–Kier alpha value is -3.42. The minimum Gasteiger partial charge on any atom is -0.497 e. The van der Waals surface area contributed by atoms with Crippen molar-refractivity contribution in [3.8, 4) is 17.2 Å². The SMILES string of the molecule is COc1ccc(N2CCN(C(=O)CO/N=C(/C)c3ccc4c(c3)OCO4)CC2)cc1. The number of benzene rings is 2. The summed E-state index contributed by atoms with van der Waals surface area (Å²) in [4.78, 5) is 21.8. The Balaban J connectivity index is 1.25. The van der Waals surface area contributed by atoms with E-state index in [-0.39, 0.29) is 19.3 Å². The number of methoxy groups -OCH3 is 1. The third-order valence-corrected chi connectivity index (χ3v) is 5.25. The molecule has 0 N–H and O–H groups in total. The number of amides is 1. The molecule has 0 unspecified atom stereocenters. The zero-order valence-corrected chi connectivity index (χ0v) is 17.2. The van der Waals surface area contributed by atoms with Crippen LogP contribution in [0.1, 0.15) is 12.5 Å². The van der Waals surface area contributed by atoms with Crippen molar-refractivity contribution >= 4 is 17.3 Å². The number of rotatable bonds is 6. The molecule has 1 fully saturated rings. The standard InChI is InChI=1S/C22H25N3O5/c1-16(17-3-8-20-21(13-17)29-15-28-20)23-30-14-22(26)25-11-9-24(10-12-25)18-4-6-19(27-2)7-5-18/h3-8,13H,9-12,14-15H2,1-2H3/b23-16-. The van der Waals surface area contributed by atoms with Gasteiger partial charge in [0.25, 0.3) is 5.91 Å². The summed E-state index contributed by atoms with van der Waals surface area (Å²) in [6.45, 7) is 4.83. The van der Waals surface area contributed by atoms with Crippen molar-refractivity contribution in [3.05, 3.63) is 48.0 Å². The average molecular weight is 411 g/mol. The van der Waals surface area contributed by atoms with Gasteiger partial charge < -0.3 is 28.8 Å². The van der Waals surface area contributed by atoms with Crippen LogP contribution in [0.4, 0.5) is 5.69 Å². The molecular formula is C22H25N3O5. The molecule has 2 aliphatic rings. The van der Waals surface area contributed by atoms with Crippen LogP contribution >= 0.6 is 0 Å². The highest BCUT2D eigenvalue weighted by Gasteiger charge is 2.22. The average Bonchev–Trinajstić information content (AvgIpc) is 3.27. The lowest BCUT2D eigenvalue weighted by Gasteiger charge is -2.36. The summed E-state index contributed by atoms with van der Waals surface area (Å²) in [7, 11) is 1.65. The van der Waals surface area contributed by atoms with Gasteiger partial charge in [-0.25, -0.2) is 0 Å². The van der Waals surface area contributed by atoms with Gasteiger partial charge in [0.05, 0.1) is 12.8 Å². The van der Waals surface area contributed by atoms with Gasteiger partial charge in [-0.2, -0.15) is 0 Å². The molecule has 2 aromatic carbocycles. The van der Waals surface area contributed by atoms with E-state index in [1.807, 2.05) is 54.3 Å². The first-order chi connectivity index (χ1) is 14.6. The van der Waals surface area contributed by atoms with Gasteiger partial charge in [0.2, 0.25) is 6.79 Å². The summed E-state index contributed by atoms with van der Waals surface area (Å²) in [5.74, 6) is 2.18. The molecule has 8 nitrogen and oxygen atoms in total. The van der Waals surface area contributed by atoms with Crippen LogP contribution in [0.2, 0.25) is 0 Å². The predicted molar refractivity (Wildman–Crippen MR) is 113 cm³/mol. The highest BCUT2D eigenvalue weighted by Crippen LogP contribution is 2.32. The van der Waals surface area contributed by atoms with Crippen molar-refractivity contribution in [2.24, 2.45) is 5.16 Å². The molecule has 2 heterocycles. The minimum atomic E-state index is -0.0789. The van der Waals surface area contributed by atoms with Gasteiger partial charge in [-0.15, -0.1) is 0 Å². The van der Waals surface area contributed by atoms with Crippen LogP contribution in [0.5, 0.6) is 17.2 Å². The lowest BCUT2D eigenvalue weighted by molar-refractivity contribution is -0.136. The van der Waals surface area contributed by atoms with Crippen LogP contribution in [0, 0.1) is 0 Å². The Kier molecular flexibility index (Phi) is 5.92. The molecule has 0 bridgehead atoms. The fraction of sp³-hybridized carbons (Fsp3) is 0.364. The number of anilines is 1. The summed E-state index contributed by atoms with van der Waals surface area (Å²) < 4.78 is 15.9. The van der Waals surface area contributed by atoms with E-state index < -0.39 is 0 Å². The van der Waals surface area contributed by atoms with E-state index in [2.05, 4.69) is 10.1 Å². The topological polar surface area (TPSA) is 72.8 Å². The lowest BCUT2D eigenvalue weighted by Crippen LogP contribution is -2.49. The quantitative estimate of drug-likeness (QED) is 0.537. The van der Waals surface area contributed by atoms with E-state index in [9.17, 15) is 4.79 Å². The van der Waals surface area contributed by atoms with Crippen molar-refractivity contribution < 1.29 is 23.8 Å². The molecular weight excluding hydrogens is 386 g/mol. The molecule has 0 spiro atoms. The monoisotopic (exact) mass is 411 g/mol. The number of carbonyl (C=O) groups excluding carboxylic acids is 1. The smallest absolute Gasteiger partial charge is 0.263 e. The second kappa shape index (κ2) is 8.94. The number of ether oxygens (including phenoxy) is 3. The maximum absolute atomic E-state index is 12.5. The summed E-state index contributed by atoms with van der Waals surface area (Å²) in [6.07, 6.45) is 0. The molecule has 2 aliphatic heterocycles. The van der Waals surface area contributed by atoms with E-state index in [1.54, 1.807) is 7.11 Å². The molecule has 0 atom stereocenters. The molecule has 8 heteroatoms. The van der Waals surface area contributed by atoms with Gasteiger partial charge in [-0.3, -0.25) is 4.79 Å². The van der Waals surface area contributed by atoms with E-state index >= 15 is 0 Å². The van der Waals surface area contributed by atoms with Crippen LogP contribution < -0.4 is 19.1 Å². The summed E-state index contributed by atoms with van der Waals surface area (Å²) in [6, 6.07) is 13.5. The first kappa shape index (κ1) is 19.9. The second-order valence-corrected chi connectivity index (χ2v) is 7.08. The zero-order valence-electron chi connectivity index (χ0n) is 17.2. The van der Waals surface area contributed by atoms with Crippen LogP contribution in [0.3, 0.4) is 0 Å². The number of oxime groups is 1. The van der Waals surface area contributed by atoms with Gasteiger partial charge in [-0.1, -0.05) is 5.16 Å². The molecule has 4 rings (SSSR count). The largest absolute Gasteiger partial charge is 0.497 e. The fourth-order valence-corrected chi connectivity index (χ4v) is 3.46. The minimum absolute atomic E-state index is 0.0633. The maximum Gasteiger partial charge on any atom is 0.263 e. The van der Waals surface area contributed by atoms with Gasteiger partial charge in [-0.05, 0) is 49.4 Å². The molecule has 2 aromatic rings. The zero-order chi connectivity index (χ0) is 20.9. The van der Waals surface area contributed by atoms with E-state index in [1.165, 1.54) is 0 Å². The van der Waals surface area contributed by atoms with E-state index in [4.69, 9.17) is 19.0 Å².